The van der Waals surface area contributed by atoms with Crippen molar-refractivity contribution in [1.29, 1.82) is 0 Å². The Morgan fingerprint density at radius 1 is 1.22 bits per heavy atom. The lowest BCUT2D eigenvalue weighted by Crippen LogP contribution is -2.55. The van der Waals surface area contributed by atoms with E-state index in [0.717, 1.165) is 55.3 Å². The van der Waals surface area contributed by atoms with Gasteiger partial charge in [-0.1, -0.05) is 29.8 Å². The Morgan fingerprint density at radius 3 is 2.85 bits per heavy atom. The average molecular weight is 370 g/mol. The van der Waals surface area contributed by atoms with Crippen molar-refractivity contribution in [3.63, 3.8) is 0 Å². The van der Waals surface area contributed by atoms with Crippen LogP contribution in [0.2, 0.25) is 0 Å². The minimum Gasteiger partial charge on any atom is -0.411 e. The fraction of sp³-hybridized carbons (Fsp3) is 0.783. The molecule has 0 unspecified atom stereocenters. The van der Waals surface area contributed by atoms with Crippen LogP contribution in [0, 0.1) is 46.8 Å². The van der Waals surface area contributed by atoms with Gasteiger partial charge in [-0.25, -0.2) is 0 Å². The normalized spacial score (nSPS) is 56.4. The lowest BCUT2D eigenvalue weighted by Gasteiger charge is -2.58. The Labute approximate surface area is 161 Å². The van der Waals surface area contributed by atoms with Crippen LogP contribution in [0.3, 0.4) is 0 Å². The fourth-order valence-electron chi connectivity index (χ4n) is 8.67. The second-order valence-corrected chi connectivity index (χ2v) is 10.3. The summed E-state index contributed by atoms with van der Waals surface area (Å²) >= 11 is 0. The van der Waals surface area contributed by atoms with Gasteiger partial charge in [-0.3, -0.25) is 0 Å². The van der Waals surface area contributed by atoms with E-state index in [2.05, 4.69) is 30.3 Å². The molecule has 1 spiro atoms. The Hall–Kier alpha value is -1.13. The minimum atomic E-state index is 0.00140. The zero-order valence-corrected chi connectivity index (χ0v) is 16.2. The molecule has 1 aliphatic heterocycles. The van der Waals surface area contributed by atoms with Gasteiger partial charge in [0.15, 0.2) is 0 Å². The van der Waals surface area contributed by atoms with Crippen LogP contribution in [-0.4, -0.2) is 34.8 Å². The van der Waals surface area contributed by atoms with Gasteiger partial charge < -0.3 is 15.1 Å². The SMILES string of the molecule is C[C@]12CC[C@H]3[C@@H](C[C@@H](CO)C4=C/C(=N/O)CC[C@@H]43)[C@@H]1[C@H]1C[C@H]1[C@@]21C=CCO1. The summed E-state index contributed by atoms with van der Waals surface area (Å²) in [5.74, 6) is 4.56. The van der Waals surface area contributed by atoms with Crippen LogP contribution in [0.4, 0.5) is 0 Å². The molecule has 0 aromatic rings. The predicted octanol–water partition coefficient (Wildman–Crippen LogP) is 3.79. The summed E-state index contributed by atoms with van der Waals surface area (Å²) in [5.41, 5.74) is 2.44. The van der Waals surface area contributed by atoms with Crippen LogP contribution in [-0.2, 0) is 4.74 Å². The molecule has 5 aliphatic carbocycles. The zero-order valence-electron chi connectivity index (χ0n) is 16.2. The summed E-state index contributed by atoms with van der Waals surface area (Å²) in [6.07, 6.45) is 13.7. The van der Waals surface area contributed by atoms with Crippen molar-refractivity contribution in [3.05, 3.63) is 23.8 Å². The van der Waals surface area contributed by atoms with Gasteiger partial charge in [0.2, 0.25) is 0 Å². The van der Waals surface area contributed by atoms with Crippen molar-refractivity contribution in [1.82, 2.24) is 0 Å². The highest BCUT2D eigenvalue weighted by molar-refractivity contribution is 5.96. The number of hydrogen-bond donors (Lipinski definition) is 2. The third-order valence-electron chi connectivity index (χ3n) is 9.64. The first-order chi connectivity index (χ1) is 13.1. The number of oxime groups is 1. The van der Waals surface area contributed by atoms with E-state index in [-0.39, 0.29) is 23.5 Å². The zero-order chi connectivity index (χ0) is 18.4. The fourth-order valence-corrected chi connectivity index (χ4v) is 8.67. The maximum Gasteiger partial charge on any atom is 0.0954 e. The van der Waals surface area contributed by atoms with E-state index in [1.807, 2.05) is 0 Å². The largest absolute Gasteiger partial charge is 0.411 e. The molecular formula is C23H31NO3. The molecule has 2 N–H and O–H groups in total. The van der Waals surface area contributed by atoms with Crippen molar-refractivity contribution in [2.75, 3.05) is 13.2 Å². The van der Waals surface area contributed by atoms with Crippen LogP contribution in [0.5, 0.6) is 0 Å². The highest BCUT2D eigenvalue weighted by atomic mass is 16.5. The van der Waals surface area contributed by atoms with Crippen molar-refractivity contribution < 1.29 is 15.1 Å². The number of allylic oxidation sites excluding steroid dienone is 1. The number of aliphatic hydroxyl groups is 1. The maximum absolute atomic E-state index is 10.2. The van der Waals surface area contributed by atoms with Crippen molar-refractivity contribution in [3.8, 4) is 0 Å². The molecule has 1 heterocycles. The Kier molecular flexibility index (Phi) is 3.41. The van der Waals surface area contributed by atoms with E-state index in [4.69, 9.17) is 4.74 Å². The summed E-state index contributed by atoms with van der Waals surface area (Å²) in [7, 11) is 0. The summed E-state index contributed by atoms with van der Waals surface area (Å²) in [6, 6.07) is 0. The molecule has 4 saturated carbocycles. The molecule has 27 heavy (non-hydrogen) atoms. The number of fused-ring (bicyclic) bond motifs is 9. The molecule has 0 aromatic carbocycles. The quantitative estimate of drug-likeness (QED) is 0.420. The topological polar surface area (TPSA) is 62.1 Å². The van der Waals surface area contributed by atoms with E-state index in [1.165, 1.54) is 24.8 Å². The lowest BCUT2D eigenvalue weighted by atomic mass is 9.48. The Bertz CT molecular complexity index is 757. The lowest BCUT2D eigenvalue weighted by molar-refractivity contribution is -0.134. The molecule has 4 nitrogen and oxygen atoms in total. The van der Waals surface area contributed by atoms with Gasteiger partial charge in [-0.2, -0.15) is 0 Å². The van der Waals surface area contributed by atoms with E-state index < -0.39 is 0 Å². The molecule has 146 valence electrons. The maximum atomic E-state index is 10.2. The number of ether oxygens (including phenoxy) is 1. The molecule has 0 saturated heterocycles. The summed E-state index contributed by atoms with van der Waals surface area (Å²) in [5, 5.41) is 22.9. The average Bonchev–Trinajstić information content (AvgIpc) is 3.25. The van der Waals surface area contributed by atoms with Crippen molar-refractivity contribution in [2.24, 2.45) is 52.0 Å². The van der Waals surface area contributed by atoms with Gasteiger partial charge >= 0.3 is 0 Å². The van der Waals surface area contributed by atoms with Gasteiger partial charge in [0.05, 0.1) is 17.9 Å². The van der Waals surface area contributed by atoms with E-state index in [0.29, 0.717) is 11.8 Å². The minimum absolute atomic E-state index is 0.00140. The van der Waals surface area contributed by atoms with Crippen molar-refractivity contribution in [2.45, 2.75) is 51.0 Å². The van der Waals surface area contributed by atoms with E-state index >= 15 is 0 Å². The van der Waals surface area contributed by atoms with Crippen LogP contribution in [0.15, 0.2) is 29.0 Å². The summed E-state index contributed by atoms with van der Waals surface area (Å²) < 4.78 is 6.48. The smallest absolute Gasteiger partial charge is 0.0954 e. The Balaban J connectivity index is 1.39. The monoisotopic (exact) mass is 369 g/mol. The Morgan fingerprint density at radius 2 is 2.11 bits per heavy atom. The number of rotatable bonds is 1. The van der Waals surface area contributed by atoms with Crippen LogP contribution < -0.4 is 0 Å². The molecule has 6 aliphatic rings. The second kappa shape index (κ2) is 5.48. The molecule has 0 aromatic heterocycles. The van der Waals surface area contributed by atoms with Gasteiger partial charge in [0.1, 0.15) is 0 Å². The molecule has 0 amide bonds. The molecule has 4 fully saturated rings. The predicted molar refractivity (Wildman–Crippen MR) is 102 cm³/mol. The third kappa shape index (κ3) is 1.94. The van der Waals surface area contributed by atoms with Crippen LogP contribution >= 0.6 is 0 Å². The number of aliphatic hydroxyl groups excluding tert-OH is 1. The first kappa shape index (κ1) is 16.8. The highest BCUT2D eigenvalue weighted by Crippen LogP contribution is 2.77. The number of nitrogens with zero attached hydrogens (tertiary/aromatic N) is 1. The van der Waals surface area contributed by atoms with Crippen LogP contribution in [0.1, 0.15) is 45.4 Å². The molecule has 9 atom stereocenters. The van der Waals surface area contributed by atoms with E-state index in [9.17, 15) is 10.3 Å². The van der Waals surface area contributed by atoms with Gasteiger partial charge in [-0.15, -0.1) is 0 Å². The molecule has 0 radical (unpaired) electrons. The summed E-state index contributed by atoms with van der Waals surface area (Å²) in [4.78, 5) is 0. The third-order valence-corrected chi connectivity index (χ3v) is 9.64. The van der Waals surface area contributed by atoms with Gasteiger partial charge in [0, 0.05) is 17.9 Å². The molecular weight excluding hydrogens is 338 g/mol. The van der Waals surface area contributed by atoms with Gasteiger partial charge in [-0.05, 0) is 80.1 Å². The van der Waals surface area contributed by atoms with Crippen LogP contribution in [0.25, 0.3) is 0 Å². The van der Waals surface area contributed by atoms with Crippen molar-refractivity contribution >= 4 is 5.71 Å². The molecule has 6 rings (SSSR count). The highest BCUT2D eigenvalue weighted by Gasteiger charge is 2.76. The summed E-state index contributed by atoms with van der Waals surface area (Å²) in [6.45, 7) is 3.54. The van der Waals surface area contributed by atoms with E-state index in [1.54, 1.807) is 0 Å². The first-order valence-electron chi connectivity index (χ1n) is 11.0. The molecule has 4 heteroatoms. The molecule has 0 bridgehead atoms. The standard InChI is InChI=1S/C23H31NO3/c1-22-7-5-16-15-4-3-14(24-26)10-17(15)13(12-25)9-18(16)21(22)19-11-20(19)23(22)6-2-8-27-23/h2,6,10,13,15-16,18-21,25-26H,3-5,7-9,11-12H2,1H3/b24-14+/t13-,15+,16+,18+,19-,20+,21+,22-,23-/m0/s1. The number of hydrogen-bond acceptors (Lipinski definition) is 4. The van der Waals surface area contributed by atoms with Gasteiger partial charge in [0.25, 0.3) is 0 Å². The first-order valence-corrected chi connectivity index (χ1v) is 11.0. The second-order valence-electron chi connectivity index (χ2n) is 10.3.